The van der Waals surface area contributed by atoms with E-state index in [0.717, 1.165) is 13.0 Å². The molecule has 0 aliphatic rings. The van der Waals surface area contributed by atoms with Crippen LogP contribution in [0.1, 0.15) is 74.7 Å². The van der Waals surface area contributed by atoms with Crippen molar-refractivity contribution >= 4 is 6.09 Å². The molecule has 2 unspecified atom stereocenters. The summed E-state index contributed by atoms with van der Waals surface area (Å²) < 4.78 is 5.32. The van der Waals surface area contributed by atoms with Gasteiger partial charge in [-0.25, -0.2) is 4.79 Å². The summed E-state index contributed by atoms with van der Waals surface area (Å²) in [5.74, 6) is 1.22. The molecule has 0 aromatic rings. The summed E-state index contributed by atoms with van der Waals surface area (Å²) in [7, 11) is 0. The van der Waals surface area contributed by atoms with Crippen LogP contribution in [0.5, 0.6) is 0 Å². The average Bonchev–Trinajstić information content (AvgIpc) is 2.32. The molecule has 0 saturated carbocycles. The Labute approximate surface area is 137 Å². The lowest BCUT2D eigenvalue weighted by Gasteiger charge is -2.34. The number of nitrogens with one attached hydrogen (secondary N) is 2. The summed E-state index contributed by atoms with van der Waals surface area (Å²) in [6.45, 7) is 18.3. The maximum absolute atomic E-state index is 11.9. The molecule has 4 heteroatoms. The maximum Gasteiger partial charge on any atom is 0.407 e. The van der Waals surface area contributed by atoms with Gasteiger partial charge in [0.25, 0.3) is 0 Å². The van der Waals surface area contributed by atoms with Crippen LogP contribution in [-0.4, -0.2) is 30.3 Å². The van der Waals surface area contributed by atoms with Crippen molar-refractivity contribution in [3.63, 3.8) is 0 Å². The molecule has 0 bridgehead atoms. The van der Waals surface area contributed by atoms with Gasteiger partial charge in [-0.15, -0.1) is 0 Å². The van der Waals surface area contributed by atoms with Gasteiger partial charge in [0.05, 0.1) is 0 Å². The lowest BCUT2D eigenvalue weighted by Crippen LogP contribution is -2.53. The first-order valence-electron chi connectivity index (χ1n) is 8.69. The zero-order chi connectivity index (χ0) is 17.4. The van der Waals surface area contributed by atoms with Gasteiger partial charge in [-0.05, 0) is 58.9 Å². The van der Waals surface area contributed by atoms with Gasteiger partial charge in [0.15, 0.2) is 0 Å². The van der Waals surface area contributed by atoms with E-state index in [-0.39, 0.29) is 11.6 Å². The van der Waals surface area contributed by atoms with E-state index in [1.54, 1.807) is 0 Å². The minimum atomic E-state index is -0.457. The number of carbonyl (C=O) groups is 1. The Hall–Kier alpha value is -0.770. The molecule has 0 aliphatic carbocycles. The van der Waals surface area contributed by atoms with Crippen LogP contribution in [0.3, 0.4) is 0 Å². The van der Waals surface area contributed by atoms with Gasteiger partial charge in [0.1, 0.15) is 5.60 Å². The zero-order valence-electron chi connectivity index (χ0n) is 16.0. The molecular weight excluding hydrogens is 276 g/mol. The molecule has 1 amide bonds. The summed E-state index contributed by atoms with van der Waals surface area (Å²) in [5, 5.41) is 6.58. The molecule has 0 radical (unpaired) electrons. The lowest BCUT2D eigenvalue weighted by molar-refractivity contribution is 0.0507. The Kier molecular flexibility index (Phi) is 9.06. The molecule has 0 aromatic carbocycles. The van der Waals surface area contributed by atoms with Crippen LogP contribution < -0.4 is 10.6 Å². The number of alkyl carbamates (subject to hydrolysis) is 1. The van der Waals surface area contributed by atoms with E-state index >= 15 is 0 Å². The van der Waals surface area contributed by atoms with Crippen molar-refractivity contribution in [2.24, 2.45) is 11.8 Å². The second-order valence-corrected chi connectivity index (χ2v) is 8.29. The van der Waals surface area contributed by atoms with E-state index in [1.165, 1.54) is 12.8 Å². The minimum absolute atomic E-state index is 0.104. The molecule has 4 nitrogen and oxygen atoms in total. The molecule has 0 aliphatic heterocycles. The monoisotopic (exact) mass is 314 g/mol. The number of hydrogen-bond acceptors (Lipinski definition) is 3. The van der Waals surface area contributed by atoms with Crippen LogP contribution in [0.4, 0.5) is 4.79 Å². The first-order valence-corrected chi connectivity index (χ1v) is 8.69. The van der Waals surface area contributed by atoms with Gasteiger partial charge < -0.3 is 15.4 Å². The van der Waals surface area contributed by atoms with Gasteiger partial charge in [-0.3, -0.25) is 0 Å². The first-order chi connectivity index (χ1) is 9.97. The Morgan fingerprint density at radius 1 is 1.14 bits per heavy atom. The van der Waals surface area contributed by atoms with Gasteiger partial charge in [0.2, 0.25) is 0 Å². The Morgan fingerprint density at radius 3 is 2.18 bits per heavy atom. The van der Waals surface area contributed by atoms with E-state index < -0.39 is 5.60 Å². The largest absolute Gasteiger partial charge is 0.444 e. The van der Waals surface area contributed by atoms with Gasteiger partial charge >= 0.3 is 6.09 Å². The highest BCUT2D eigenvalue weighted by Gasteiger charge is 2.27. The highest BCUT2D eigenvalue weighted by Crippen LogP contribution is 2.17. The molecule has 0 aromatic heterocycles. The predicted octanol–water partition coefficient (Wildman–Crippen LogP) is 4.34. The summed E-state index contributed by atoms with van der Waals surface area (Å²) in [4.78, 5) is 11.9. The third-order valence-electron chi connectivity index (χ3n) is 3.54. The summed E-state index contributed by atoms with van der Waals surface area (Å²) >= 11 is 0. The molecule has 0 saturated heterocycles. The highest BCUT2D eigenvalue weighted by atomic mass is 16.6. The summed E-state index contributed by atoms with van der Waals surface area (Å²) in [6, 6.07) is 0. The molecular formula is C18H38N2O2. The molecule has 132 valence electrons. The van der Waals surface area contributed by atoms with Crippen molar-refractivity contribution in [3.05, 3.63) is 0 Å². The number of ether oxygens (including phenoxy) is 1. The van der Waals surface area contributed by atoms with E-state index in [9.17, 15) is 4.79 Å². The molecule has 2 N–H and O–H groups in total. The minimum Gasteiger partial charge on any atom is -0.444 e. The van der Waals surface area contributed by atoms with Gasteiger partial charge in [-0.1, -0.05) is 34.1 Å². The van der Waals surface area contributed by atoms with Crippen LogP contribution in [-0.2, 0) is 4.74 Å². The third-order valence-corrected chi connectivity index (χ3v) is 3.54. The standard InChI is InChI=1S/C18H38N2O2/c1-9-10-15(4)12-20-18(8,11-14(2)3)13-19-16(21)22-17(5,6)7/h14-15,20H,9-13H2,1-8H3,(H,19,21). The quantitative estimate of drug-likeness (QED) is 0.665. The van der Waals surface area contributed by atoms with Crippen LogP contribution in [0.25, 0.3) is 0 Å². The van der Waals surface area contributed by atoms with Crippen LogP contribution in [0, 0.1) is 11.8 Å². The molecule has 0 fully saturated rings. The summed E-state index contributed by atoms with van der Waals surface area (Å²) in [6.07, 6.45) is 3.11. The topological polar surface area (TPSA) is 50.4 Å². The van der Waals surface area contributed by atoms with Crippen molar-refractivity contribution in [1.82, 2.24) is 10.6 Å². The molecule has 2 atom stereocenters. The molecule has 0 rings (SSSR count). The second kappa shape index (κ2) is 9.39. The normalized spacial score (nSPS) is 16.2. The predicted molar refractivity (Wildman–Crippen MR) is 94.2 cm³/mol. The highest BCUT2D eigenvalue weighted by molar-refractivity contribution is 5.67. The van der Waals surface area contributed by atoms with E-state index in [2.05, 4.69) is 45.3 Å². The molecule has 0 heterocycles. The van der Waals surface area contributed by atoms with Crippen molar-refractivity contribution < 1.29 is 9.53 Å². The molecule has 22 heavy (non-hydrogen) atoms. The fourth-order valence-electron chi connectivity index (χ4n) is 2.70. The first kappa shape index (κ1) is 21.2. The Bertz CT molecular complexity index is 324. The Morgan fingerprint density at radius 2 is 1.73 bits per heavy atom. The number of rotatable bonds is 9. The zero-order valence-corrected chi connectivity index (χ0v) is 16.0. The summed E-state index contributed by atoms with van der Waals surface area (Å²) in [5.41, 5.74) is -0.561. The van der Waals surface area contributed by atoms with E-state index in [4.69, 9.17) is 4.74 Å². The number of carbonyl (C=O) groups excluding carboxylic acids is 1. The third kappa shape index (κ3) is 10.9. The number of amides is 1. The molecule has 0 spiro atoms. The van der Waals surface area contributed by atoms with Gasteiger partial charge in [0, 0.05) is 12.1 Å². The lowest BCUT2D eigenvalue weighted by atomic mass is 9.89. The van der Waals surface area contributed by atoms with Crippen LogP contribution in [0.15, 0.2) is 0 Å². The smallest absolute Gasteiger partial charge is 0.407 e. The second-order valence-electron chi connectivity index (χ2n) is 8.29. The van der Waals surface area contributed by atoms with Gasteiger partial charge in [-0.2, -0.15) is 0 Å². The maximum atomic E-state index is 11.9. The van der Waals surface area contributed by atoms with Crippen molar-refractivity contribution in [2.45, 2.75) is 85.8 Å². The van der Waals surface area contributed by atoms with Crippen LogP contribution in [0.2, 0.25) is 0 Å². The SMILES string of the molecule is CCCC(C)CNC(C)(CNC(=O)OC(C)(C)C)CC(C)C. The number of hydrogen-bond donors (Lipinski definition) is 2. The fraction of sp³-hybridized carbons (Fsp3) is 0.944. The van der Waals surface area contributed by atoms with Crippen molar-refractivity contribution in [1.29, 1.82) is 0 Å². The van der Waals surface area contributed by atoms with Crippen molar-refractivity contribution in [3.8, 4) is 0 Å². The van der Waals surface area contributed by atoms with E-state index in [1.807, 2.05) is 20.8 Å². The average molecular weight is 315 g/mol. The fourth-order valence-corrected chi connectivity index (χ4v) is 2.70. The Balaban J connectivity index is 4.51. The van der Waals surface area contributed by atoms with Crippen LogP contribution >= 0.6 is 0 Å². The van der Waals surface area contributed by atoms with Crippen molar-refractivity contribution in [2.75, 3.05) is 13.1 Å². The van der Waals surface area contributed by atoms with E-state index in [0.29, 0.717) is 18.4 Å².